The normalized spacial score (nSPS) is 12.2. The predicted octanol–water partition coefficient (Wildman–Crippen LogP) is 8.92. The third-order valence-electron chi connectivity index (χ3n) is 5.80. The first-order valence-corrected chi connectivity index (χ1v) is 13.7. The molecule has 4 aromatic heterocycles. The van der Waals surface area contributed by atoms with Crippen LogP contribution in [-0.2, 0) is 28.3 Å². The molecule has 0 aliphatic rings. The molecular formula is C29H23ClF10N6O2. The van der Waals surface area contributed by atoms with Crippen molar-refractivity contribution in [2.45, 2.75) is 64.4 Å². The van der Waals surface area contributed by atoms with Crippen molar-refractivity contribution in [3.05, 3.63) is 82.7 Å². The fourth-order valence-electron chi connectivity index (χ4n) is 3.68. The molecule has 4 heterocycles. The Labute approximate surface area is 270 Å². The van der Waals surface area contributed by atoms with Crippen LogP contribution in [-0.4, -0.2) is 41.5 Å². The van der Waals surface area contributed by atoms with Crippen molar-refractivity contribution in [2.24, 2.45) is 0 Å². The first kappa shape index (κ1) is 38.0. The number of aryl methyl sites for hydroxylation is 1. The maximum absolute atomic E-state index is 13.2. The Morgan fingerprint density at radius 1 is 0.688 bits per heavy atom. The molecule has 0 atom stereocenters. The summed E-state index contributed by atoms with van der Waals surface area (Å²) in [5, 5.41) is -0.232. The molecule has 0 bridgehead atoms. The van der Waals surface area contributed by atoms with Gasteiger partial charge in [0.25, 0.3) is 12.9 Å². The van der Waals surface area contributed by atoms with Crippen LogP contribution in [0.3, 0.4) is 0 Å². The van der Waals surface area contributed by atoms with Crippen molar-refractivity contribution in [1.29, 1.82) is 0 Å². The first-order valence-electron chi connectivity index (χ1n) is 13.4. The molecule has 0 saturated carbocycles. The number of alkyl halides is 10. The molecule has 0 radical (unpaired) electrons. The summed E-state index contributed by atoms with van der Waals surface area (Å²) in [4.78, 5) is 32.1. The number of ether oxygens (including phenoxy) is 1. The van der Waals surface area contributed by atoms with Gasteiger partial charge >= 0.3 is 18.3 Å². The van der Waals surface area contributed by atoms with Gasteiger partial charge in [-0.05, 0) is 44.9 Å². The number of hydrogen-bond donors (Lipinski definition) is 0. The molecule has 8 nitrogen and oxygen atoms in total. The third-order valence-corrected chi connectivity index (χ3v) is 6.12. The van der Waals surface area contributed by atoms with E-state index in [0.717, 1.165) is 43.2 Å². The average Bonchev–Trinajstić information content (AvgIpc) is 2.98. The molecule has 0 amide bonds. The van der Waals surface area contributed by atoms with Crippen molar-refractivity contribution in [1.82, 2.24) is 29.9 Å². The molecule has 4 aromatic rings. The van der Waals surface area contributed by atoms with Gasteiger partial charge in [-0.25, -0.2) is 37.5 Å². The summed E-state index contributed by atoms with van der Waals surface area (Å²) in [7, 11) is 0. The second-order valence-electron chi connectivity index (χ2n) is 10.6. The van der Waals surface area contributed by atoms with Gasteiger partial charge < -0.3 is 4.74 Å². The standard InChI is InChI=1S/C18H18F5N3O2.C11H5ClF5N3/c1-17(2,3)28-14(27)5-4-10-6-13(24-9-12(10)15(19)20)11-7-25-16(26-8-11)18(21,22)23;12-7-1-8(18-4-6(7)9(13)14)5-2-19-10(20-3-5)11(15,16)17/h6-9,15H,4-5H2,1-3H3;1-4,9H. The molecule has 48 heavy (non-hydrogen) atoms. The highest BCUT2D eigenvalue weighted by molar-refractivity contribution is 6.31. The van der Waals surface area contributed by atoms with Gasteiger partial charge in [0.15, 0.2) is 0 Å². The minimum absolute atomic E-state index is 0.0361. The number of carbonyl (C=O) groups is 1. The van der Waals surface area contributed by atoms with Crippen molar-refractivity contribution >= 4 is 17.6 Å². The Kier molecular flexibility index (Phi) is 12.0. The molecule has 19 heteroatoms. The van der Waals surface area contributed by atoms with Gasteiger partial charge in [0.05, 0.1) is 22.0 Å². The highest BCUT2D eigenvalue weighted by atomic mass is 35.5. The minimum atomic E-state index is -4.69. The Morgan fingerprint density at radius 2 is 1.10 bits per heavy atom. The van der Waals surface area contributed by atoms with Crippen LogP contribution in [0.4, 0.5) is 43.9 Å². The minimum Gasteiger partial charge on any atom is -0.460 e. The Morgan fingerprint density at radius 3 is 1.48 bits per heavy atom. The SMILES string of the molecule is CC(C)(C)OC(=O)CCc1cc(-c2cnc(C(F)(F)F)nc2)ncc1C(F)F.FC(F)c1cnc(-c2cnc(C(F)(F)F)nc2)cc1Cl. The van der Waals surface area contributed by atoms with Gasteiger partial charge in [0.1, 0.15) is 5.60 Å². The van der Waals surface area contributed by atoms with Gasteiger partial charge in [-0.15, -0.1) is 0 Å². The zero-order valence-corrected chi connectivity index (χ0v) is 25.6. The molecule has 0 fully saturated rings. The van der Waals surface area contributed by atoms with E-state index in [1.807, 2.05) is 0 Å². The lowest BCUT2D eigenvalue weighted by Gasteiger charge is -2.19. The second-order valence-corrected chi connectivity index (χ2v) is 11.0. The third kappa shape index (κ3) is 10.8. The zero-order chi connectivity index (χ0) is 36.0. The largest absolute Gasteiger partial charge is 0.460 e. The summed E-state index contributed by atoms with van der Waals surface area (Å²) in [6.07, 6.45) is -9.69. The fraction of sp³-hybridized carbons (Fsp3) is 0.345. The lowest BCUT2D eigenvalue weighted by Crippen LogP contribution is -2.24. The van der Waals surface area contributed by atoms with Gasteiger partial charge in [0.2, 0.25) is 11.6 Å². The van der Waals surface area contributed by atoms with Crippen molar-refractivity contribution in [2.75, 3.05) is 0 Å². The van der Waals surface area contributed by atoms with E-state index in [1.165, 1.54) is 6.07 Å². The number of hydrogen-bond acceptors (Lipinski definition) is 8. The molecule has 4 rings (SSSR count). The maximum Gasteiger partial charge on any atom is 0.451 e. The summed E-state index contributed by atoms with van der Waals surface area (Å²) in [5.74, 6) is -3.16. The van der Waals surface area contributed by atoms with Gasteiger partial charge in [0, 0.05) is 60.3 Å². The van der Waals surface area contributed by atoms with Crippen LogP contribution in [0.25, 0.3) is 22.5 Å². The Bertz CT molecular complexity index is 1700. The quantitative estimate of drug-likeness (QED) is 0.138. The highest BCUT2D eigenvalue weighted by Gasteiger charge is 2.35. The summed E-state index contributed by atoms with van der Waals surface area (Å²) < 4.78 is 131. The monoisotopic (exact) mass is 712 g/mol. The molecule has 0 aliphatic carbocycles. The van der Waals surface area contributed by atoms with E-state index in [9.17, 15) is 48.7 Å². The molecule has 0 aromatic carbocycles. The van der Waals surface area contributed by atoms with Gasteiger partial charge in [-0.1, -0.05) is 11.6 Å². The van der Waals surface area contributed by atoms with E-state index in [1.54, 1.807) is 20.8 Å². The summed E-state index contributed by atoms with van der Waals surface area (Å²) in [6, 6.07) is 2.41. The van der Waals surface area contributed by atoms with Crippen molar-refractivity contribution in [3.63, 3.8) is 0 Å². The smallest absolute Gasteiger partial charge is 0.451 e. The zero-order valence-electron chi connectivity index (χ0n) is 24.8. The van der Waals surface area contributed by atoms with Crippen LogP contribution in [0.1, 0.15) is 68.4 Å². The molecule has 0 N–H and O–H groups in total. The van der Waals surface area contributed by atoms with E-state index < -0.39 is 54.0 Å². The second kappa shape index (κ2) is 15.2. The van der Waals surface area contributed by atoms with Crippen LogP contribution in [0.2, 0.25) is 5.02 Å². The van der Waals surface area contributed by atoms with E-state index in [-0.39, 0.29) is 51.5 Å². The van der Waals surface area contributed by atoms with Crippen molar-refractivity contribution < 1.29 is 53.4 Å². The summed E-state index contributed by atoms with van der Waals surface area (Å²) >= 11 is 5.64. The molecule has 0 saturated heterocycles. The van der Waals surface area contributed by atoms with Crippen molar-refractivity contribution in [3.8, 4) is 22.5 Å². The fourth-order valence-corrected chi connectivity index (χ4v) is 3.92. The summed E-state index contributed by atoms with van der Waals surface area (Å²) in [6.45, 7) is 5.06. The lowest BCUT2D eigenvalue weighted by molar-refractivity contribution is -0.154. The summed E-state index contributed by atoms with van der Waals surface area (Å²) in [5.41, 5.74) is -0.878. The van der Waals surface area contributed by atoms with E-state index in [2.05, 4.69) is 29.9 Å². The Hall–Kier alpha value is -4.48. The molecule has 0 spiro atoms. The number of esters is 1. The predicted molar refractivity (Wildman–Crippen MR) is 150 cm³/mol. The Balaban J connectivity index is 0.000000275. The number of nitrogens with zero attached hydrogens (tertiary/aromatic N) is 6. The van der Waals surface area contributed by atoms with E-state index in [4.69, 9.17) is 16.3 Å². The van der Waals surface area contributed by atoms with Crippen LogP contribution < -0.4 is 0 Å². The van der Waals surface area contributed by atoms with E-state index in [0.29, 0.717) is 0 Å². The topological polar surface area (TPSA) is 104 Å². The van der Waals surface area contributed by atoms with Crippen LogP contribution >= 0.6 is 11.6 Å². The molecule has 258 valence electrons. The molecular weight excluding hydrogens is 690 g/mol. The number of halogens is 11. The maximum atomic E-state index is 13.2. The van der Waals surface area contributed by atoms with E-state index >= 15 is 0 Å². The highest BCUT2D eigenvalue weighted by Crippen LogP contribution is 2.32. The van der Waals surface area contributed by atoms with Crippen LogP contribution in [0, 0.1) is 0 Å². The number of pyridine rings is 2. The molecule has 0 aliphatic heterocycles. The lowest BCUT2D eigenvalue weighted by atomic mass is 10.0. The van der Waals surface area contributed by atoms with Gasteiger partial charge in [-0.2, -0.15) is 26.3 Å². The number of rotatable bonds is 7. The van der Waals surface area contributed by atoms with Gasteiger partial charge in [-0.3, -0.25) is 14.8 Å². The number of aromatic nitrogens is 6. The number of carbonyl (C=O) groups excluding carboxylic acids is 1. The van der Waals surface area contributed by atoms with Crippen LogP contribution in [0.5, 0.6) is 0 Å². The first-order chi connectivity index (χ1) is 22.2. The van der Waals surface area contributed by atoms with Crippen LogP contribution in [0.15, 0.2) is 49.3 Å². The molecule has 0 unspecified atom stereocenters. The average molecular weight is 713 g/mol.